The lowest BCUT2D eigenvalue weighted by Gasteiger charge is -2.15. The lowest BCUT2D eigenvalue weighted by atomic mass is 10.1. The van der Waals surface area contributed by atoms with Crippen LogP contribution in [0, 0.1) is 0 Å². The highest BCUT2D eigenvalue weighted by Gasteiger charge is 2.16. The Morgan fingerprint density at radius 1 is 0.812 bits per heavy atom. The van der Waals surface area contributed by atoms with E-state index in [2.05, 4.69) is 0 Å². The number of amides is 1. The van der Waals surface area contributed by atoms with Gasteiger partial charge in [0.25, 0.3) is 5.91 Å². The van der Waals surface area contributed by atoms with Crippen molar-refractivity contribution in [2.75, 3.05) is 35.0 Å². The van der Waals surface area contributed by atoms with Crippen LogP contribution in [-0.2, 0) is 4.79 Å². The summed E-state index contributed by atoms with van der Waals surface area (Å²) >= 11 is 0. The molecule has 3 rings (SSSR count). The summed E-state index contributed by atoms with van der Waals surface area (Å²) < 4.78 is 27.0. The van der Waals surface area contributed by atoms with Crippen molar-refractivity contribution in [2.24, 2.45) is 0 Å². The first-order valence-electron chi connectivity index (χ1n) is 9.56. The van der Waals surface area contributed by atoms with Crippen LogP contribution in [-0.4, -0.2) is 51.1 Å². The van der Waals surface area contributed by atoms with Crippen LogP contribution in [0.4, 0.5) is 0 Å². The zero-order chi connectivity index (χ0) is 23.1. The first-order valence-corrected chi connectivity index (χ1v) is 9.56. The number of nitrogens with zero attached hydrogens (tertiary/aromatic N) is 1. The molecule has 3 aromatic rings. The van der Waals surface area contributed by atoms with Crippen LogP contribution in [0.5, 0.6) is 28.7 Å². The zero-order valence-corrected chi connectivity index (χ0v) is 18.2. The molecule has 32 heavy (non-hydrogen) atoms. The van der Waals surface area contributed by atoms with Gasteiger partial charge in [0.1, 0.15) is 0 Å². The molecule has 9 heteroatoms. The third kappa shape index (κ3) is 4.84. The van der Waals surface area contributed by atoms with E-state index in [9.17, 15) is 4.79 Å². The maximum absolute atomic E-state index is 11.3. The van der Waals surface area contributed by atoms with Crippen LogP contribution >= 0.6 is 0 Å². The van der Waals surface area contributed by atoms with Crippen molar-refractivity contribution >= 4 is 5.91 Å². The largest absolute Gasteiger partial charge is 0.493 e. The summed E-state index contributed by atoms with van der Waals surface area (Å²) in [6, 6.07) is 14.5. The number of hydrogen-bond acceptors (Lipinski definition) is 8. The summed E-state index contributed by atoms with van der Waals surface area (Å²) in [5.41, 5.74) is 4.43. The molecule has 1 aromatic heterocycles. The fourth-order valence-corrected chi connectivity index (χ4v) is 3.11. The van der Waals surface area contributed by atoms with Crippen LogP contribution < -0.4 is 29.2 Å². The number of hydroxylamine groups is 1. The summed E-state index contributed by atoms with van der Waals surface area (Å²) in [7, 11) is 6.16. The number of nitrogens with one attached hydrogen (secondary N) is 1. The summed E-state index contributed by atoms with van der Waals surface area (Å²) in [5.74, 6) is 1.65. The van der Waals surface area contributed by atoms with E-state index in [-0.39, 0.29) is 6.61 Å². The third-order valence-corrected chi connectivity index (χ3v) is 4.65. The number of pyridine rings is 1. The molecule has 1 heterocycles. The summed E-state index contributed by atoms with van der Waals surface area (Å²) in [5, 5.41) is 8.67. The van der Waals surface area contributed by atoms with E-state index in [1.54, 1.807) is 33.5 Å². The molecule has 0 bridgehead atoms. The standard InChI is InChI=1S/C23H24N2O7/c1-28-18-9-8-14(10-19(18)32-13-22(26)25-27)16-6-5-7-17(24-16)15-11-20(29-2)23(31-4)21(12-15)30-3/h5-12,27H,13H2,1-4H3,(H,25,26). The monoisotopic (exact) mass is 440 g/mol. The number of ether oxygens (including phenoxy) is 5. The quantitative estimate of drug-likeness (QED) is 0.385. The fraction of sp³-hybridized carbons (Fsp3) is 0.217. The van der Waals surface area contributed by atoms with Gasteiger partial charge in [-0.3, -0.25) is 10.0 Å². The van der Waals surface area contributed by atoms with Crippen LogP contribution in [0.15, 0.2) is 48.5 Å². The molecule has 0 radical (unpaired) electrons. The molecule has 0 spiro atoms. The number of aromatic nitrogens is 1. The second kappa shape index (κ2) is 10.4. The van der Waals surface area contributed by atoms with E-state index in [1.165, 1.54) is 12.6 Å². The summed E-state index contributed by atoms with van der Waals surface area (Å²) in [6.45, 7) is -0.366. The van der Waals surface area contributed by atoms with Gasteiger partial charge in [-0.2, -0.15) is 0 Å². The molecule has 0 unspecified atom stereocenters. The van der Waals surface area contributed by atoms with Gasteiger partial charge in [-0.1, -0.05) is 6.07 Å². The maximum Gasteiger partial charge on any atom is 0.281 e. The SMILES string of the molecule is COc1ccc(-c2cccc(-c3cc(OC)c(OC)c(OC)c3)n2)cc1OCC(=O)NO. The van der Waals surface area contributed by atoms with E-state index < -0.39 is 5.91 Å². The van der Waals surface area contributed by atoms with Gasteiger partial charge < -0.3 is 23.7 Å². The predicted molar refractivity (Wildman–Crippen MR) is 117 cm³/mol. The molecule has 0 saturated carbocycles. The van der Waals surface area contributed by atoms with Gasteiger partial charge in [-0.25, -0.2) is 10.5 Å². The zero-order valence-electron chi connectivity index (χ0n) is 18.2. The van der Waals surface area contributed by atoms with Crippen molar-refractivity contribution in [2.45, 2.75) is 0 Å². The Balaban J connectivity index is 2.00. The molecule has 0 saturated heterocycles. The molecule has 0 aliphatic rings. The minimum Gasteiger partial charge on any atom is -0.493 e. The Hall–Kier alpha value is -3.98. The van der Waals surface area contributed by atoms with Gasteiger partial charge >= 0.3 is 0 Å². The first kappa shape index (κ1) is 22.7. The van der Waals surface area contributed by atoms with Crippen LogP contribution in [0.3, 0.4) is 0 Å². The molecular formula is C23H24N2O7. The molecule has 0 aliphatic heterocycles. The van der Waals surface area contributed by atoms with Crippen molar-refractivity contribution in [1.82, 2.24) is 10.5 Å². The first-order chi connectivity index (χ1) is 15.5. The van der Waals surface area contributed by atoms with E-state index >= 15 is 0 Å². The number of carbonyl (C=O) groups is 1. The molecule has 2 N–H and O–H groups in total. The maximum atomic E-state index is 11.3. The Morgan fingerprint density at radius 3 is 1.97 bits per heavy atom. The molecule has 0 aliphatic carbocycles. The molecule has 0 atom stereocenters. The predicted octanol–water partition coefficient (Wildman–Crippen LogP) is 3.33. The van der Waals surface area contributed by atoms with Crippen molar-refractivity contribution in [3.8, 4) is 51.3 Å². The second-order valence-electron chi connectivity index (χ2n) is 6.51. The second-order valence-corrected chi connectivity index (χ2v) is 6.51. The van der Waals surface area contributed by atoms with Gasteiger partial charge in [0.05, 0.1) is 39.8 Å². The Labute approximate surface area is 185 Å². The molecule has 2 aromatic carbocycles. The average Bonchev–Trinajstić information content (AvgIpc) is 2.85. The highest BCUT2D eigenvalue weighted by atomic mass is 16.5. The number of methoxy groups -OCH3 is 4. The molecule has 168 valence electrons. The summed E-state index contributed by atoms with van der Waals surface area (Å²) in [4.78, 5) is 16.1. The summed E-state index contributed by atoms with van der Waals surface area (Å²) in [6.07, 6.45) is 0. The lowest BCUT2D eigenvalue weighted by Crippen LogP contribution is -2.25. The van der Waals surface area contributed by atoms with Gasteiger partial charge in [-0.05, 0) is 42.5 Å². The van der Waals surface area contributed by atoms with Crippen molar-refractivity contribution in [1.29, 1.82) is 0 Å². The number of carbonyl (C=O) groups excluding carboxylic acids is 1. The van der Waals surface area contributed by atoms with Gasteiger partial charge in [0, 0.05) is 11.1 Å². The highest BCUT2D eigenvalue weighted by Crippen LogP contribution is 2.41. The van der Waals surface area contributed by atoms with Gasteiger partial charge in [-0.15, -0.1) is 0 Å². The number of hydrogen-bond donors (Lipinski definition) is 2. The van der Waals surface area contributed by atoms with Crippen molar-refractivity contribution in [3.63, 3.8) is 0 Å². The number of rotatable bonds is 9. The molecule has 1 amide bonds. The van der Waals surface area contributed by atoms with Crippen LogP contribution in [0.25, 0.3) is 22.5 Å². The fourth-order valence-electron chi connectivity index (χ4n) is 3.11. The van der Waals surface area contributed by atoms with Gasteiger partial charge in [0.2, 0.25) is 5.75 Å². The smallest absolute Gasteiger partial charge is 0.281 e. The molecule has 9 nitrogen and oxygen atoms in total. The highest BCUT2D eigenvalue weighted by molar-refractivity contribution is 5.76. The Morgan fingerprint density at radius 2 is 1.41 bits per heavy atom. The lowest BCUT2D eigenvalue weighted by molar-refractivity contribution is -0.131. The van der Waals surface area contributed by atoms with Crippen molar-refractivity contribution in [3.05, 3.63) is 48.5 Å². The minimum atomic E-state index is -0.681. The van der Waals surface area contributed by atoms with E-state index in [0.717, 1.165) is 11.1 Å². The van der Waals surface area contributed by atoms with Crippen LogP contribution in [0.2, 0.25) is 0 Å². The number of benzene rings is 2. The minimum absolute atomic E-state index is 0.341. The van der Waals surface area contributed by atoms with Crippen molar-refractivity contribution < 1.29 is 33.7 Å². The van der Waals surface area contributed by atoms with Gasteiger partial charge in [0.15, 0.2) is 29.6 Å². The van der Waals surface area contributed by atoms with E-state index in [0.29, 0.717) is 40.1 Å². The topological polar surface area (TPSA) is 108 Å². The molecule has 0 fully saturated rings. The van der Waals surface area contributed by atoms with Crippen LogP contribution in [0.1, 0.15) is 0 Å². The van der Waals surface area contributed by atoms with E-state index in [1.807, 2.05) is 36.4 Å². The normalized spacial score (nSPS) is 10.3. The third-order valence-electron chi connectivity index (χ3n) is 4.65. The average molecular weight is 440 g/mol. The Bertz CT molecular complexity index is 1080. The Kier molecular flexibility index (Phi) is 7.35. The molecular weight excluding hydrogens is 416 g/mol. The van der Waals surface area contributed by atoms with E-state index in [4.69, 9.17) is 33.9 Å².